The lowest BCUT2D eigenvalue weighted by Crippen LogP contribution is -1.93. The number of allylic oxidation sites excluding steroid dienone is 2. The monoisotopic (exact) mass is 344 g/mol. The molecule has 0 bridgehead atoms. The molecular weight excluding hydrogens is 308 g/mol. The summed E-state index contributed by atoms with van der Waals surface area (Å²) in [5.41, 5.74) is 0. The molecule has 5 nitrogen and oxygen atoms in total. The average Bonchev–Trinajstić information content (AvgIpc) is 2.50. The quantitative estimate of drug-likeness (QED) is 0.238. The van der Waals surface area contributed by atoms with E-state index in [9.17, 15) is 4.79 Å². The van der Waals surface area contributed by atoms with E-state index in [4.69, 9.17) is 20.1 Å². The van der Waals surface area contributed by atoms with Crippen molar-refractivity contribution in [3.63, 3.8) is 0 Å². The van der Waals surface area contributed by atoms with Crippen LogP contribution in [0.15, 0.2) is 12.2 Å². The van der Waals surface area contributed by atoms with Crippen LogP contribution in [-0.4, -0.2) is 27.4 Å². The van der Waals surface area contributed by atoms with Gasteiger partial charge in [-0.1, -0.05) is 70.4 Å². The number of aliphatic carboxylic acids is 1. The lowest BCUT2D eigenvalue weighted by Gasteiger charge is -1.99. The molecule has 0 saturated carbocycles. The first-order chi connectivity index (χ1) is 11.5. The van der Waals surface area contributed by atoms with Gasteiger partial charge < -0.3 is 15.3 Å². The molecule has 0 unspecified atom stereocenters. The number of carboxylic acid groups (broad SMARTS) is 3. The molecule has 0 aliphatic heterocycles. The molecule has 0 fully saturated rings. The highest BCUT2D eigenvalue weighted by Crippen LogP contribution is 2.09. The van der Waals surface area contributed by atoms with Crippen LogP contribution >= 0.6 is 0 Å². The van der Waals surface area contributed by atoms with Crippen LogP contribution in [-0.2, 0) is 4.79 Å². The van der Waals surface area contributed by atoms with Crippen LogP contribution in [0.5, 0.6) is 0 Å². The summed E-state index contributed by atoms with van der Waals surface area (Å²) in [6.07, 6.45) is 19.4. The van der Waals surface area contributed by atoms with Crippen LogP contribution in [0.4, 0.5) is 4.79 Å². The minimum absolute atomic E-state index is 0.332. The molecule has 0 heterocycles. The minimum Gasteiger partial charge on any atom is -0.481 e. The predicted molar refractivity (Wildman–Crippen MR) is 97.7 cm³/mol. The molecule has 5 heteroatoms. The van der Waals surface area contributed by atoms with E-state index in [1.807, 2.05) is 0 Å². The zero-order chi connectivity index (χ0) is 18.5. The van der Waals surface area contributed by atoms with E-state index >= 15 is 0 Å². The van der Waals surface area contributed by atoms with Crippen molar-refractivity contribution in [2.75, 3.05) is 0 Å². The summed E-state index contributed by atoms with van der Waals surface area (Å²) in [5, 5.41) is 22.5. The van der Waals surface area contributed by atoms with E-state index in [0.29, 0.717) is 6.42 Å². The van der Waals surface area contributed by atoms with Gasteiger partial charge >= 0.3 is 12.1 Å². The smallest absolute Gasteiger partial charge is 0.481 e. The van der Waals surface area contributed by atoms with E-state index < -0.39 is 12.1 Å². The fourth-order valence-corrected chi connectivity index (χ4v) is 2.35. The van der Waals surface area contributed by atoms with Crippen LogP contribution in [0, 0.1) is 0 Å². The Morgan fingerprint density at radius 1 is 0.667 bits per heavy atom. The van der Waals surface area contributed by atoms with Crippen LogP contribution in [0.3, 0.4) is 0 Å². The molecule has 0 aliphatic carbocycles. The topological polar surface area (TPSA) is 94.8 Å². The molecule has 0 aromatic carbocycles. The summed E-state index contributed by atoms with van der Waals surface area (Å²) in [6.45, 7) is 2.26. The molecule has 3 N–H and O–H groups in total. The van der Waals surface area contributed by atoms with Crippen molar-refractivity contribution < 1.29 is 24.9 Å². The number of carbonyl (C=O) groups is 2. The Bertz CT molecular complexity index is 309. The Morgan fingerprint density at radius 3 is 1.46 bits per heavy atom. The summed E-state index contributed by atoms with van der Waals surface area (Å²) in [7, 11) is 0. The summed E-state index contributed by atoms with van der Waals surface area (Å²) in [4.78, 5) is 18.9. The Morgan fingerprint density at radius 2 is 1.04 bits per heavy atom. The molecule has 0 amide bonds. The predicted octanol–water partition coefficient (Wildman–Crippen LogP) is 6.33. The summed E-state index contributed by atoms with van der Waals surface area (Å²) >= 11 is 0. The molecule has 24 heavy (non-hydrogen) atoms. The third-order valence-electron chi connectivity index (χ3n) is 3.65. The van der Waals surface area contributed by atoms with Gasteiger partial charge in [-0.2, -0.15) is 0 Å². The lowest BCUT2D eigenvalue weighted by molar-refractivity contribution is -0.137. The average molecular weight is 344 g/mol. The number of hydrogen-bond acceptors (Lipinski definition) is 2. The van der Waals surface area contributed by atoms with Crippen molar-refractivity contribution in [3.8, 4) is 0 Å². The van der Waals surface area contributed by atoms with Gasteiger partial charge in [-0.15, -0.1) is 0 Å². The highest BCUT2D eigenvalue weighted by atomic mass is 16.6. The second-order valence-electron chi connectivity index (χ2n) is 6.01. The second-order valence-corrected chi connectivity index (χ2v) is 6.01. The maximum Gasteiger partial charge on any atom is 0.503 e. The molecule has 0 saturated heterocycles. The molecule has 0 spiro atoms. The Kier molecular flexibility index (Phi) is 22.1. The van der Waals surface area contributed by atoms with Crippen LogP contribution in [0.25, 0.3) is 0 Å². The maximum atomic E-state index is 10.3. The Labute approximate surface area is 146 Å². The second kappa shape index (κ2) is 21.5. The molecule has 0 aromatic heterocycles. The fourth-order valence-electron chi connectivity index (χ4n) is 2.35. The third-order valence-corrected chi connectivity index (χ3v) is 3.65. The first-order valence-corrected chi connectivity index (χ1v) is 9.29. The van der Waals surface area contributed by atoms with Gasteiger partial charge in [0.05, 0.1) is 0 Å². The zero-order valence-corrected chi connectivity index (χ0v) is 15.2. The first-order valence-electron chi connectivity index (χ1n) is 9.29. The van der Waals surface area contributed by atoms with Crippen molar-refractivity contribution in [2.24, 2.45) is 0 Å². The van der Waals surface area contributed by atoms with Crippen molar-refractivity contribution in [2.45, 2.75) is 96.8 Å². The van der Waals surface area contributed by atoms with Crippen molar-refractivity contribution in [3.05, 3.63) is 12.2 Å². The van der Waals surface area contributed by atoms with Crippen LogP contribution in [0.1, 0.15) is 96.8 Å². The lowest BCUT2D eigenvalue weighted by atomic mass is 10.1. The molecule has 0 radical (unpaired) electrons. The molecule has 142 valence electrons. The summed E-state index contributed by atoms with van der Waals surface area (Å²) < 4.78 is 0. The molecule has 0 aromatic rings. The van der Waals surface area contributed by atoms with E-state index in [0.717, 1.165) is 12.8 Å². The molecule has 0 aliphatic rings. The number of unbranched alkanes of at least 4 members (excludes halogenated alkanes) is 11. The molecule has 0 rings (SSSR count). The number of hydrogen-bond donors (Lipinski definition) is 3. The van der Waals surface area contributed by atoms with Gasteiger partial charge in [0.2, 0.25) is 0 Å². The normalized spacial score (nSPS) is 10.4. The minimum atomic E-state index is -1.83. The van der Waals surface area contributed by atoms with Gasteiger partial charge in [0.25, 0.3) is 0 Å². The van der Waals surface area contributed by atoms with E-state index in [2.05, 4.69) is 19.1 Å². The van der Waals surface area contributed by atoms with Crippen LogP contribution < -0.4 is 0 Å². The van der Waals surface area contributed by atoms with Crippen LogP contribution in [0.2, 0.25) is 0 Å². The fraction of sp³-hybridized carbons (Fsp3) is 0.789. The highest BCUT2D eigenvalue weighted by molar-refractivity contribution is 5.66. The SMILES string of the molecule is CCCCCCCCC=CCCCCCCCC(=O)O.O=C(O)O. The Hall–Kier alpha value is -1.52. The maximum absolute atomic E-state index is 10.3. The standard InChI is InChI=1S/C18H34O2.CH2O3/c1-2-3-4-5-6-7-8-9-10-11-12-13-14-15-16-17-18(19)20;2-1(3)4/h9-10H,2-8,11-17H2,1H3,(H,19,20);(H2,2,3,4). The number of carboxylic acids is 1. The van der Waals surface area contributed by atoms with Crippen molar-refractivity contribution in [1.82, 2.24) is 0 Å². The van der Waals surface area contributed by atoms with E-state index in [1.54, 1.807) is 0 Å². The van der Waals surface area contributed by atoms with Gasteiger partial charge in [-0.25, -0.2) is 4.79 Å². The van der Waals surface area contributed by atoms with E-state index in [-0.39, 0.29) is 0 Å². The number of rotatable bonds is 15. The van der Waals surface area contributed by atoms with Gasteiger partial charge in [0.1, 0.15) is 0 Å². The Balaban J connectivity index is 0. The van der Waals surface area contributed by atoms with E-state index in [1.165, 1.54) is 70.6 Å². The molecule has 0 atom stereocenters. The van der Waals surface area contributed by atoms with Crippen molar-refractivity contribution >= 4 is 12.1 Å². The largest absolute Gasteiger partial charge is 0.503 e. The third kappa shape index (κ3) is 32.4. The van der Waals surface area contributed by atoms with Gasteiger partial charge in [0.15, 0.2) is 0 Å². The van der Waals surface area contributed by atoms with Gasteiger partial charge in [0, 0.05) is 6.42 Å². The van der Waals surface area contributed by atoms with Crippen molar-refractivity contribution in [1.29, 1.82) is 0 Å². The van der Waals surface area contributed by atoms with Gasteiger partial charge in [-0.3, -0.25) is 4.79 Å². The summed E-state index contributed by atoms with van der Waals surface area (Å²) in [6, 6.07) is 0. The zero-order valence-electron chi connectivity index (χ0n) is 15.2. The first kappa shape index (κ1) is 24.7. The van der Waals surface area contributed by atoms with Gasteiger partial charge in [-0.05, 0) is 32.1 Å². The molecular formula is C19H36O5. The highest BCUT2D eigenvalue weighted by Gasteiger charge is 1.95. The summed E-state index contributed by atoms with van der Waals surface area (Å²) in [5.74, 6) is -0.664.